The van der Waals surface area contributed by atoms with Gasteiger partial charge in [0, 0.05) is 32.3 Å². The van der Waals surface area contributed by atoms with Crippen LogP contribution >= 0.6 is 0 Å². The molecule has 0 radical (unpaired) electrons. The van der Waals surface area contributed by atoms with Gasteiger partial charge in [0.05, 0.1) is 11.0 Å². The minimum atomic E-state index is -0.898. The molecule has 1 aliphatic heterocycles. The van der Waals surface area contributed by atoms with Gasteiger partial charge in [0.15, 0.2) is 11.6 Å². The fourth-order valence-corrected chi connectivity index (χ4v) is 3.11. The summed E-state index contributed by atoms with van der Waals surface area (Å²) in [4.78, 5) is 34.0. The molecule has 0 spiro atoms. The molecule has 1 aromatic heterocycles. The van der Waals surface area contributed by atoms with Gasteiger partial charge in [0.2, 0.25) is 5.88 Å². The Bertz CT molecular complexity index is 912. The Morgan fingerprint density at radius 1 is 1.45 bits per heavy atom. The molecule has 1 saturated heterocycles. The first-order chi connectivity index (χ1) is 13.8. The molecule has 2 aromatic rings. The van der Waals surface area contributed by atoms with Crippen molar-refractivity contribution in [1.82, 2.24) is 19.8 Å². The SMILES string of the molecule is CN1CC[C@H](CN(C)C(=O)Nc2cc(Oc3ccc([N+](=O)[O-])cc3F)ncn2)C1. The minimum absolute atomic E-state index is 0.0110. The Morgan fingerprint density at radius 3 is 2.90 bits per heavy atom. The second-order valence-corrected chi connectivity index (χ2v) is 6.94. The topological polar surface area (TPSA) is 114 Å². The van der Waals surface area contributed by atoms with Crippen LogP contribution in [0.4, 0.5) is 20.7 Å². The summed E-state index contributed by atoms with van der Waals surface area (Å²) in [6.45, 7) is 2.59. The van der Waals surface area contributed by atoms with Crippen molar-refractivity contribution in [3.63, 3.8) is 0 Å². The number of carbonyl (C=O) groups excluding carboxylic acids is 1. The minimum Gasteiger partial charge on any atom is -0.436 e. The van der Waals surface area contributed by atoms with Crippen LogP contribution in [0.5, 0.6) is 11.6 Å². The maximum Gasteiger partial charge on any atom is 0.322 e. The lowest BCUT2D eigenvalue weighted by atomic mass is 10.1. The molecular formula is C18H21FN6O4. The van der Waals surface area contributed by atoms with Crippen molar-refractivity contribution < 1.29 is 18.8 Å². The van der Waals surface area contributed by atoms with E-state index in [-0.39, 0.29) is 29.2 Å². The van der Waals surface area contributed by atoms with E-state index in [0.717, 1.165) is 37.7 Å². The summed E-state index contributed by atoms with van der Waals surface area (Å²) >= 11 is 0. The number of nitro benzene ring substituents is 1. The highest BCUT2D eigenvalue weighted by molar-refractivity contribution is 5.88. The standard InChI is InChI=1S/C18H21FN6O4/c1-23-6-5-12(9-23)10-24(2)18(26)22-16-8-17(21-11-20-16)29-15-4-3-13(25(27)28)7-14(15)19/h3-4,7-8,11-12H,5-6,9-10H2,1-2H3,(H,20,21,22,26)/t12-/m0/s1. The van der Waals surface area contributed by atoms with Crippen molar-refractivity contribution >= 4 is 17.5 Å². The van der Waals surface area contributed by atoms with E-state index in [1.165, 1.54) is 12.4 Å². The number of benzene rings is 1. The lowest BCUT2D eigenvalue weighted by Gasteiger charge is -2.21. The van der Waals surface area contributed by atoms with Gasteiger partial charge in [-0.05, 0) is 32.0 Å². The second kappa shape index (κ2) is 8.78. The van der Waals surface area contributed by atoms with Crippen LogP contribution in [0.15, 0.2) is 30.6 Å². The predicted octanol–water partition coefficient (Wildman–Crippen LogP) is 2.73. The van der Waals surface area contributed by atoms with Crippen molar-refractivity contribution in [3.8, 4) is 11.6 Å². The number of anilines is 1. The molecule has 0 bridgehead atoms. The van der Waals surface area contributed by atoms with Crippen LogP contribution < -0.4 is 10.1 Å². The zero-order chi connectivity index (χ0) is 21.0. The van der Waals surface area contributed by atoms with Crippen molar-refractivity contribution in [2.24, 2.45) is 5.92 Å². The number of aromatic nitrogens is 2. The molecule has 3 rings (SSSR count). The Kier molecular flexibility index (Phi) is 6.17. The third-order valence-corrected chi connectivity index (χ3v) is 4.59. The number of halogens is 1. The Hall–Kier alpha value is -3.34. The number of nitrogens with one attached hydrogen (secondary N) is 1. The predicted molar refractivity (Wildman–Crippen MR) is 102 cm³/mol. The molecule has 29 heavy (non-hydrogen) atoms. The monoisotopic (exact) mass is 404 g/mol. The number of nitrogens with zero attached hydrogens (tertiary/aromatic N) is 5. The zero-order valence-electron chi connectivity index (χ0n) is 16.0. The van der Waals surface area contributed by atoms with E-state index in [4.69, 9.17) is 4.74 Å². The van der Waals surface area contributed by atoms with Crippen LogP contribution in [-0.4, -0.2) is 64.5 Å². The van der Waals surface area contributed by atoms with E-state index in [1.807, 2.05) is 0 Å². The molecular weight excluding hydrogens is 383 g/mol. The van der Waals surface area contributed by atoms with E-state index in [1.54, 1.807) is 11.9 Å². The van der Waals surface area contributed by atoms with Gasteiger partial charge in [-0.1, -0.05) is 0 Å². The van der Waals surface area contributed by atoms with Crippen LogP contribution in [0.3, 0.4) is 0 Å². The summed E-state index contributed by atoms with van der Waals surface area (Å²) in [5.41, 5.74) is -0.387. The van der Waals surface area contributed by atoms with Gasteiger partial charge in [0.1, 0.15) is 12.1 Å². The molecule has 0 unspecified atom stereocenters. The number of amides is 2. The number of likely N-dealkylation sites (tertiary alicyclic amines) is 1. The molecule has 1 aromatic carbocycles. The smallest absolute Gasteiger partial charge is 0.322 e. The molecule has 11 heteroatoms. The number of carbonyl (C=O) groups is 1. The fourth-order valence-electron chi connectivity index (χ4n) is 3.11. The van der Waals surface area contributed by atoms with E-state index in [9.17, 15) is 19.3 Å². The first kappa shape index (κ1) is 20.4. The van der Waals surface area contributed by atoms with Crippen LogP contribution in [0, 0.1) is 21.8 Å². The number of hydrogen-bond acceptors (Lipinski definition) is 7. The summed E-state index contributed by atoms with van der Waals surface area (Å²) in [5.74, 6) is -0.523. The second-order valence-electron chi connectivity index (χ2n) is 6.94. The molecule has 2 heterocycles. The third kappa shape index (κ3) is 5.35. The van der Waals surface area contributed by atoms with Gasteiger partial charge < -0.3 is 14.5 Å². The van der Waals surface area contributed by atoms with Crippen LogP contribution in [0.25, 0.3) is 0 Å². The molecule has 1 aliphatic rings. The number of non-ortho nitro benzene ring substituents is 1. The molecule has 10 nitrogen and oxygen atoms in total. The van der Waals surface area contributed by atoms with Crippen molar-refractivity contribution in [2.45, 2.75) is 6.42 Å². The number of rotatable bonds is 6. The van der Waals surface area contributed by atoms with Crippen molar-refractivity contribution in [1.29, 1.82) is 0 Å². The molecule has 2 amide bonds. The molecule has 1 atom stereocenters. The van der Waals surface area contributed by atoms with Crippen LogP contribution in [-0.2, 0) is 0 Å². The van der Waals surface area contributed by atoms with E-state index in [2.05, 4.69) is 27.2 Å². The summed E-state index contributed by atoms with van der Waals surface area (Å²) in [5, 5.41) is 13.3. The number of urea groups is 1. The third-order valence-electron chi connectivity index (χ3n) is 4.59. The average Bonchev–Trinajstić information content (AvgIpc) is 3.08. The maximum atomic E-state index is 14.0. The highest BCUT2D eigenvalue weighted by Crippen LogP contribution is 2.27. The summed E-state index contributed by atoms with van der Waals surface area (Å²) < 4.78 is 19.3. The maximum absolute atomic E-state index is 14.0. The van der Waals surface area contributed by atoms with Crippen molar-refractivity contribution in [2.75, 3.05) is 39.0 Å². The van der Waals surface area contributed by atoms with Gasteiger partial charge in [-0.25, -0.2) is 19.2 Å². The first-order valence-electron chi connectivity index (χ1n) is 8.96. The normalized spacial score (nSPS) is 16.4. The number of ether oxygens (including phenoxy) is 1. The van der Waals surface area contributed by atoms with Gasteiger partial charge >= 0.3 is 6.03 Å². The number of hydrogen-bond donors (Lipinski definition) is 1. The summed E-state index contributed by atoms with van der Waals surface area (Å²) in [6.07, 6.45) is 2.21. The van der Waals surface area contributed by atoms with Crippen molar-refractivity contribution in [3.05, 3.63) is 46.5 Å². The lowest BCUT2D eigenvalue weighted by molar-refractivity contribution is -0.385. The van der Waals surface area contributed by atoms with E-state index in [0.29, 0.717) is 12.5 Å². The number of nitro groups is 1. The molecule has 0 saturated carbocycles. The fraction of sp³-hybridized carbons (Fsp3) is 0.389. The highest BCUT2D eigenvalue weighted by atomic mass is 19.1. The molecule has 154 valence electrons. The van der Waals surface area contributed by atoms with E-state index < -0.39 is 10.7 Å². The van der Waals surface area contributed by atoms with Gasteiger partial charge in [-0.15, -0.1) is 0 Å². The van der Waals surface area contributed by atoms with Crippen LogP contribution in [0.1, 0.15) is 6.42 Å². The largest absolute Gasteiger partial charge is 0.436 e. The highest BCUT2D eigenvalue weighted by Gasteiger charge is 2.23. The Balaban J connectivity index is 1.62. The Labute approximate surface area is 166 Å². The van der Waals surface area contributed by atoms with Crippen LogP contribution in [0.2, 0.25) is 0 Å². The molecule has 1 N–H and O–H groups in total. The quantitative estimate of drug-likeness (QED) is 0.582. The summed E-state index contributed by atoms with van der Waals surface area (Å²) in [7, 11) is 3.76. The van der Waals surface area contributed by atoms with Gasteiger partial charge in [-0.3, -0.25) is 15.4 Å². The Morgan fingerprint density at radius 2 is 2.24 bits per heavy atom. The zero-order valence-corrected chi connectivity index (χ0v) is 16.0. The average molecular weight is 404 g/mol. The van der Waals surface area contributed by atoms with Gasteiger partial charge in [-0.2, -0.15) is 0 Å². The lowest BCUT2D eigenvalue weighted by Crippen LogP contribution is -2.36. The summed E-state index contributed by atoms with van der Waals surface area (Å²) in [6, 6.07) is 4.04. The van der Waals surface area contributed by atoms with E-state index >= 15 is 0 Å². The first-order valence-corrected chi connectivity index (χ1v) is 8.96. The molecule has 0 aliphatic carbocycles. The van der Waals surface area contributed by atoms with Gasteiger partial charge in [0.25, 0.3) is 5.69 Å². The molecule has 1 fully saturated rings.